The summed E-state index contributed by atoms with van der Waals surface area (Å²) in [6, 6.07) is 0.212. The number of aliphatic carboxylic acids is 1. The number of carbonyl (C=O) groups is 2. The summed E-state index contributed by atoms with van der Waals surface area (Å²) < 4.78 is 32.2. The number of ether oxygens (including phenoxy) is 1. The molecule has 1 heterocycles. The fourth-order valence-electron chi connectivity index (χ4n) is 2.27. The lowest BCUT2D eigenvalue weighted by Crippen LogP contribution is -2.41. The molecule has 1 amide bonds. The SMILES string of the molecule is COC1CC(C(=O)O)N(C(=O)c2cc(F)c(Cl)cc2F)C1. The molecular formula is C13H12ClF2NO4. The van der Waals surface area contributed by atoms with Gasteiger partial charge in [0.15, 0.2) is 0 Å². The Morgan fingerprint density at radius 1 is 1.38 bits per heavy atom. The molecule has 1 aliphatic heterocycles. The van der Waals surface area contributed by atoms with E-state index < -0.39 is 46.2 Å². The fourth-order valence-corrected chi connectivity index (χ4v) is 2.42. The Labute approximate surface area is 124 Å². The topological polar surface area (TPSA) is 66.8 Å². The van der Waals surface area contributed by atoms with Gasteiger partial charge in [0.05, 0.1) is 16.7 Å². The number of hydrogen-bond donors (Lipinski definition) is 1. The van der Waals surface area contributed by atoms with Crippen molar-refractivity contribution in [2.24, 2.45) is 0 Å². The lowest BCUT2D eigenvalue weighted by molar-refractivity contribution is -0.141. The Bertz CT molecular complexity index is 596. The zero-order chi connectivity index (χ0) is 15.7. The van der Waals surface area contributed by atoms with Gasteiger partial charge in [-0.15, -0.1) is 0 Å². The van der Waals surface area contributed by atoms with Crippen LogP contribution in [0.4, 0.5) is 8.78 Å². The third-order valence-corrected chi connectivity index (χ3v) is 3.67. The molecule has 0 bridgehead atoms. The third-order valence-electron chi connectivity index (χ3n) is 3.38. The van der Waals surface area contributed by atoms with Crippen LogP contribution in [0.1, 0.15) is 16.8 Å². The molecule has 21 heavy (non-hydrogen) atoms. The summed E-state index contributed by atoms with van der Waals surface area (Å²) in [7, 11) is 1.39. The predicted octanol–water partition coefficient (Wildman–Crippen LogP) is 1.93. The lowest BCUT2D eigenvalue weighted by atomic mass is 10.1. The number of carbonyl (C=O) groups excluding carboxylic acids is 1. The molecule has 1 aliphatic rings. The summed E-state index contributed by atoms with van der Waals surface area (Å²) in [6.07, 6.45) is -0.370. The summed E-state index contributed by atoms with van der Waals surface area (Å²) >= 11 is 5.42. The zero-order valence-corrected chi connectivity index (χ0v) is 11.7. The van der Waals surface area contributed by atoms with E-state index in [-0.39, 0.29) is 13.0 Å². The average molecular weight is 320 g/mol. The molecule has 1 aromatic carbocycles. The second-order valence-electron chi connectivity index (χ2n) is 4.65. The van der Waals surface area contributed by atoms with Gasteiger partial charge in [-0.3, -0.25) is 4.79 Å². The highest BCUT2D eigenvalue weighted by molar-refractivity contribution is 6.30. The first-order valence-electron chi connectivity index (χ1n) is 6.06. The first-order chi connectivity index (χ1) is 9.85. The van der Waals surface area contributed by atoms with E-state index in [1.54, 1.807) is 0 Å². The van der Waals surface area contributed by atoms with Gasteiger partial charge < -0.3 is 14.7 Å². The minimum absolute atomic E-state index is 0.00398. The number of hydrogen-bond acceptors (Lipinski definition) is 3. The Kier molecular flexibility index (Phi) is 4.43. The van der Waals surface area contributed by atoms with Crippen LogP contribution in [0, 0.1) is 11.6 Å². The second-order valence-corrected chi connectivity index (χ2v) is 5.06. The van der Waals surface area contributed by atoms with Gasteiger partial charge in [-0.25, -0.2) is 13.6 Å². The maximum atomic E-state index is 13.8. The number of likely N-dealkylation sites (tertiary alicyclic amines) is 1. The molecule has 2 rings (SSSR count). The maximum Gasteiger partial charge on any atom is 0.326 e. The number of carboxylic acids is 1. The van der Waals surface area contributed by atoms with Crippen LogP contribution in [-0.2, 0) is 9.53 Å². The molecule has 0 saturated carbocycles. The molecule has 1 fully saturated rings. The Morgan fingerprint density at radius 2 is 2.05 bits per heavy atom. The summed E-state index contributed by atoms with van der Waals surface area (Å²) in [6.45, 7) is -0.00398. The van der Waals surface area contributed by atoms with E-state index in [1.165, 1.54) is 7.11 Å². The number of methoxy groups -OCH3 is 1. The minimum Gasteiger partial charge on any atom is -0.480 e. The van der Waals surface area contributed by atoms with E-state index in [4.69, 9.17) is 21.4 Å². The van der Waals surface area contributed by atoms with Crippen molar-refractivity contribution in [1.29, 1.82) is 0 Å². The van der Waals surface area contributed by atoms with Crippen molar-refractivity contribution in [3.63, 3.8) is 0 Å². The summed E-state index contributed by atoms with van der Waals surface area (Å²) in [4.78, 5) is 24.4. The van der Waals surface area contributed by atoms with Crippen molar-refractivity contribution in [2.45, 2.75) is 18.6 Å². The normalized spacial score (nSPS) is 21.6. The molecule has 0 radical (unpaired) electrons. The number of carboxylic acid groups (broad SMARTS) is 1. The first-order valence-corrected chi connectivity index (χ1v) is 6.44. The minimum atomic E-state index is -1.22. The quantitative estimate of drug-likeness (QED) is 0.865. The summed E-state index contributed by atoms with van der Waals surface area (Å²) in [5.41, 5.74) is -0.556. The van der Waals surface area contributed by atoms with Crippen LogP contribution in [0.2, 0.25) is 5.02 Å². The van der Waals surface area contributed by atoms with E-state index in [0.29, 0.717) is 12.1 Å². The highest BCUT2D eigenvalue weighted by atomic mass is 35.5. The number of benzene rings is 1. The van der Waals surface area contributed by atoms with E-state index in [0.717, 1.165) is 4.90 Å². The molecule has 2 unspecified atom stereocenters. The Hall–Kier alpha value is -1.73. The van der Waals surface area contributed by atoms with Crippen LogP contribution < -0.4 is 0 Å². The Balaban J connectivity index is 2.34. The molecule has 1 saturated heterocycles. The molecular weight excluding hydrogens is 308 g/mol. The van der Waals surface area contributed by atoms with Crippen LogP contribution >= 0.6 is 11.6 Å². The number of rotatable bonds is 3. The molecule has 0 aliphatic carbocycles. The van der Waals surface area contributed by atoms with Gasteiger partial charge >= 0.3 is 5.97 Å². The third kappa shape index (κ3) is 2.98. The van der Waals surface area contributed by atoms with E-state index in [9.17, 15) is 18.4 Å². The summed E-state index contributed by atoms with van der Waals surface area (Å²) in [5.74, 6) is -4.08. The smallest absolute Gasteiger partial charge is 0.326 e. The van der Waals surface area contributed by atoms with Crippen LogP contribution in [0.3, 0.4) is 0 Å². The van der Waals surface area contributed by atoms with Crippen molar-refractivity contribution in [1.82, 2.24) is 4.90 Å². The van der Waals surface area contributed by atoms with Crippen molar-refractivity contribution in [3.8, 4) is 0 Å². The standard InChI is InChI=1S/C13H12ClF2NO4/c1-21-6-2-11(13(19)20)17(5-6)12(18)7-3-10(16)8(14)4-9(7)15/h3-4,6,11H,2,5H2,1H3,(H,19,20). The molecule has 1 aromatic rings. The van der Waals surface area contributed by atoms with Gasteiger partial charge in [-0.05, 0) is 12.1 Å². The molecule has 5 nitrogen and oxygen atoms in total. The number of halogens is 3. The van der Waals surface area contributed by atoms with Crippen LogP contribution in [0.15, 0.2) is 12.1 Å². The molecule has 8 heteroatoms. The van der Waals surface area contributed by atoms with Gasteiger partial charge in [0.25, 0.3) is 5.91 Å². The van der Waals surface area contributed by atoms with Crippen molar-refractivity contribution >= 4 is 23.5 Å². The molecule has 114 valence electrons. The largest absolute Gasteiger partial charge is 0.480 e. The Morgan fingerprint density at radius 3 is 2.62 bits per heavy atom. The molecule has 1 N–H and O–H groups in total. The predicted molar refractivity (Wildman–Crippen MR) is 69.2 cm³/mol. The molecule has 2 atom stereocenters. The van der Waals surface area contributed by atoms with Crippen LogP contribution in [0.25, 0.3) is 0 Å². The highest BCUT2D eigenvalue weighted by Gasteiger charge is 2.40. The van der Waals surface area contributed by atoms with Crippen molar-refractivity contribution < 1.29 is 28.2 Å². The second kappa shape index (κ2) is 5.95. The van der Waals surface area contributed by atoms with Gasteiger partial charge in [-0.1, -0.05) is 11.6 Å². The van der Waals surface area contributed by atoms with Gasteiger partial charge in [0, 0.05) is 20.1 Å². The van der Waals surface area contributed by atoms with Gasteiger partial charge in [0.1, 0.15) is 17.7 Å². The highest BCUT2D eigenvalue weighted by Crippen LogP contribution is 2.26. The molecule has 0 aromatic heterocycles. The van der Waals surface area contributed by atoms with Crippen LogP contribution in [0.5, 0.6) is 0 Å². The van der Waals surface area contributed by atoms with E-state index in [1.807, 2.05) is 0 Å². The summed E-state index contributed by atoms with van der Waals surface area (Å²) in [5, 5.41) is 8.67. The maximum absolute atomic E-state index is 13.8. The van der Waals surface area contributed by atoms with E-state index in [2.05, 4.69) is 0 Å². The number of nitrogens with zero attached hydrogens (tertiary/aromatic N) is 1. The fraction of sp³-hybridized carbons (Fsp3) is 0.385. The lowest BCUT2D eigenvalue weighted by Gasteiger charge is -2.21. The van der Waals surface area contributed by atoms with Gasteiger partial charge in [-0.2, -0.15) is 0 Å². The zero-order valence-electron chi connectivity index (χ0n) is 11.0. The average Bonchev–Trinajstić information content (AvgIpc) is 2.86. The first kappa shape index (κ1) is 15.7. The van der Waals surface area contributed by atoms with Crippen molar-refractivity contribution in [2.75, 3.05) is 13.7 Å². The number of amides is 1. The van der Waals surface area contributed by atoms with Gasteiger partial charge in [0.2, 0.25) is 0 Å². The van der Waals surface area contributed by atoms with Crippen LogP contribution in [-0.4, -0.2) is 47.7 Å². The monoisotopic (exact) mass is 319 g/mol. The van der Waals surface area contributed by atoms with E-state index >= 15 is 0 Å². The van der Waals surface area contributed by atoms with Crippen molar-refractivity contribution in [3.05, 3.63) is 34.4 Å². The molecule has 0 spiro atoms.